The number of amides is 1. The maximum Gasteiger partial charge on any atom is 0.256 e. The highest BCUT2D eigenvalue weighted by Gasteiger charge is 2.41. The molecule has 0 saturated heterocycles. The lowest BCUT2D eigenvalue weighted by Gasteiger charge is -2.37. The van der Waals surface area contributed by atoms with Crippen molar-refractivity contribution in [3.63, 3.8) is 0 Å². The average Bonchev–Trinajstić information content (AvgIpc) is 2.50. The van der Waals surface area contributed by atoms with E-state index >= 15 is 0 Å². The molecule has 1 fully saturated rings. The summed E-state index contributed by atoms with van der Waals surface area (Å²) in [6.45, 7) is 6.76. The second kappa shape index (κ2) is 7.14. The van der Waals surface area contributed by atoms with Gasteiger partial charge in [-0.15, -0.1) is 0 Å². The molecule has 1 aliphatic rings. The number of carbonyl (C=O) groups excluding carboxylic acids is 1. The first-order chi connectivity index (χ1) is 10.5. The van der Waals surface area contributed by atoms with Gasteiger partial charge < -0.3 is 14.8 Å². The van der Waals surface area contributed by atoms with Gasteiger partial charge in [-0.25, -0.2) is 0 Å². The normalized spacial score (nSPS) is 24.8. The molecule has 2 atom stereocenters. The molecule has 1 aliphatic carbocycles. The highest BCUT2D eigenvalue weighted by molar-refractivity contribution is 5.97. The van der Waals surface area contributed by atoms with Crippen molar-refractivity contribution >= 4 is 11.6 Å². The van der Waals surface area contributed by atoms with E-state index < -0.39 is 5.60 Å². The number of aryl methyl sites for hydroxylation is 1. The second-order valence-corrected chi connectivity index (χ2v) is 6.27. The van der Waals surface area contributed by atoms with Gasteiger partial charge in [0.05, 0.1) is 6.61 Å². The fourth-order valence-electron chi connectivity index (χ4n) is 3.28. The number of hydrogen-bond donors (Lipinski definition) is 1. The van der Waals surface area contributed by atoms with Gasteiger partial charge in [-0.3, -0.25) is 4.79 Å². The maximum atomic E-state index is 12.7. The van der Waals surface area contributed by atoms with Crippen LogP contribution in [-0.2, 0) is 9.53 Å². The molecular formula is C18H27NO3. The third kappa shape index (κ3) is 3.61. The maximum absolute atomic E-state index is 12.7. The summed E-state index contributed by atoms with van der Waals surface area (Å²) in [6, 6.07) is 5.72. The van der Waals surface area contributed by atoms with Crippen molar-refractivity contribution in [2.75, 3.05) is 19.0 Å². The standard InChI is InChI=1S/C18H27NO3/c1-5-22-16-9-8-15(11-14(16)3)19-17(20)18(21-4)10-6-7-13(2)12-18/h8-9,11,13H,5-7,10,12H2,1-4H3,(H,19,20)/t13-,18+/m0/s1. The highest BCUT2D eigenvalue weighted by atomic mass is 16.5. The van der Waals surface area contributed by atoms with Crippen LogP contribution in [0.2, 0.25) is 0 Å². The number of carbonyl (C=O) groups is 1. The lowest BCUT2D eigenvalue weighted by Crippen LogP contribution is -2.47. The largest absolute Gasteiger partial charge is 0.494 e. The van der Waals surface area contributed by atoms with Crippen LogP contribution in [0.25, 0.3) is 0 Å². The summed E-state index contributed by atoms with van der Waals surface area (Å²) in [5.41, 5.74) is 1.12. The Morgan fingerprint density at radius 1 is 1.45 bits per heavy atom. The topological polar surface area (TPSA) is 47.6 Å². The molecule has 1 aromatic rings. The molecule has 4 heteroatoms. The van der Waals surface area contributed by atoms with Crippen LogP contribution in [0.1, 0.15) is 45.1 Å². The summed E-state index contributed by atoms with van der Waals surface area (Å²) < 4.78 is 11.2. The predicted octanol–water partition coefficient (Wildman–Crippen LogP) is 3.93. The molecule has 1 aromatic carbocycles. The van der Waals surface area contributed by atoms with Gasteiger partial charge in [-0.05, 0) is 62.8 Å². The summed E-state index contributed by atoms with van der Waals surface area (Å²) in [6.07, 6.45) is 3.77. The summed E-state index contributed by atoms with van der Waals surface area (Å²) in [5, 5.41) is 3.01. The molecule has 0 unspecified atom stereocenters. The number of hydrogen-bond acceptors (Lipinski definition) is 3. The zero-order valence-corrected chi connectivity index (χ0v) is 14.1. The minimum absolute atomic E-state index is 0.0369. The molecule has 0 radical (unpaired) electrons. The molecule has 22 heavy (non-hydrogen) atoms. The fraction of sp³-hybridized carbons (Fsp3) is 0.611. The molecular weight excluding hydrogens is 278 g/mol. The van der Waals surface area contributed by atoms with Crippen LogP contribution in [-0.4, -0.2) is 25.2 Å². The van der Waals surface area contributed by atoms with E-state index in [1.165, 1.54) is 6.42 Å². The van der Waals surface area contributed by atoms with Gasteiger partial charge in [0.15, 0.2) is 0 Å². The second-order valence-electron chi connectivity index (χ2n) is 6.27. The molecule has 0 aliphatic heterocycles. The van der Waals surface area contributed by atoms with Crippen molar-refractivity contribution < 1.29 is 14.3 Å². The summed E-state index contributed by atoms with van der Waals surface area (Å²) >= 11 is 0. The summed E-state index contributed by atoms with van der Waals surface area (Å²) in [4.78, 5) is 12.7. The summed E-state index contributed by atoms with van der Waals surface area (Å²) in [7, 11) is 1.64. The number of nitrogens with one attached hydrogen (secondary N) is 1. The SMILES string of the molecule is CCOc1ccc(NC(=O)[C@@]2(OC)CCC[C@H](C)C2)cc1C. The lowest BCUT2D eigenvalue weighted by atomic mass is 9.78. The van der Waals surface area contributed by atoms with Gasteiger partial charge in [0.25, 0.3) is 5.91 Å². The van der Waals surface area contributed by atoms with Gasteiger partial charge in [0, 0.05) is 12.8 Å². The first kappa shape index (κ1) is 16.8. The molecule has 2 rings (SSSR count). The van der Waals surface area contributed by atoms with E-state index in [1.54, 1.807) is 7.11 Å². The first-order valence-corrected chi connectivity index (χ1v) is 8.11. The van der Waals surface area contributed by atoms with Crippen LogP contribution in [0.4, 0.5) is 5.69 Å². The Hall–Kier alpha value is -1.55. The Balaban J connectivity index is 2.12. The quantitative estimate of drug-likeness (QED) is 0.896. The number of methoxy groups -OCH3 is 1. The Bertz CT molecular complexity index is 529. The Morgan fingerprint density at radius 3 is 2.82 bits per heavy atom. The molecule has 0 heterocycles. The number of benzene rings is 1. The van der Waals surface area contributed by atoms with E-state index in [1.807, 2.05) is 32.0 Å². The van der Waals surface area contributed by atoms with E-state index in [4.69, 9.17) is 9.47 Å². The third-order valence-electron chi connectivity index (χ3n) is 4.49. The molecule has 122 valence electrons. The smallest absolute Gasteiger partial charge is 0.256 e. The molecule has 0 aromatic heterocycles. The van der Waals surface area contributed by atoms with Crippen molar-refractivity contribution in [3.8, 4) is 5.75 Å². The molecule has 1 N–H and O–H groups in total. The Labute approximate surface area is 133 Å². The zero-order valence-electron chi connectivity index (χ0n) is 14.1. The monoisotopic (exact) mass is 305 g/mol. The number of ether oxygens (including phenoxy) is 2. The van der Waals surface area contributed by atoms with Gasteiger partial charge in [-0.1, -0.05) is 13.3 Å². The van der Waals surface area contributed by atoms with Crippen LogP contribution in [0, 0.1) is 12.8 Å². The van der Waals surface area contributed by atoms with Crippen LogP contribution >= 0.6 is 0 Å². The van der Waals surface area contributed by atoms with Crippen LogP contribution < -0.4 is 10.1 Å². The van der Waals surface area contributed by atoms with Crippen LogP contribution in [0.3, 0.4) is 0 Å². The molecule has 0 bridgehead atoms. The van der Waals surface area contributed by atoms with Gasteiger partial charge in [0.2, 0.25) is 0 Å². The van der Waals surface area contributed by atoms with E-state index in [-0.39, 0.29) is 5.91 Å². The van der Waals surface area contributed by atoms with Crippen molar-refractivity contribution in [3.05, 3.63) is 23.8 Å². The lowest BCUT2D eigenvalue weighted by molar-refractivity contribution is -0.143. The van der Waals surface area contributed by atoms with Gasteiger partial charge in [-0.2, -0.15) is 0 Å². The molecule has 0 spiro atoms. The van der Waals surface area contributed by atoms with E-state index in [9.17, 15) is 4.79 Å². The minimum atomic E-state index is -0.690. The summed E-state index contributed by atoms with van der Waals surface area (Å²) in [5.74, 6) is 1.33. The number of rotatable bonds is 5. The third-order valence-corrected chi connectivity index (χ3v) is 4.49. The van der Waals surface area contributed by atoms with Crippen LogP contribution in [0.15, 0.2) is 18.2 Å². The Kier molecular flexibility index (Phi) is 5.46. The van der Waals surface area contributed by atoms with Crippen molar-refractivity contribution in [1.82, 2.24) is 0 Å². The van der Waals surface area contributed by atoms with E-state index in [0.29, 0.717) is 12.5 Å². The zero-order chi connectivity index (χ0) is 16.2. The fourth-order valence-corrected chi connectivity index (χ4v) is 3.28. The number of anilines is 1. The molecule has 1 amide bonds. The first-order valence-electron chi connectivity index (χ1n) is 8.11. The van der Waals surface area contributed by atoms with Gasteiger partial charge >= 0.3 is 0 Å². The predicted molar refractivity (Wildman–Crippen MR) is 88.3 cm³/mol. The van der Waals surface area contributed by atoms with E-state index in [2.05, 4.69) is 12.2 Å². The molecule has 4 nitrogen and oxygen atoms in total. The van der Waals surface area contributed by atoms with Crippen molar-refractivity contribution in [2.45, 2.75) is 52.1 Å². The average molecular weight is 305 g/mol. The van der Waals surface area contributed by atoms with E-state index in [0.717, 1.165) is 36.3 Å². The minimum Gasteiger partial charge on any atom is -0.494 e. The molecule has 1 saturated carbocycles. The van der Waals surface area contributed by atoms with Crippen LogP contribution in [0.5, 0.6) is 5.75 Å². The highest BCUT2D eigenvalue weighted by Crippen LogP contribution is 2.36. The Morgan fingerprint density at radius 2 is 2.23 bits per heavy atom. The van der Waals surface area contributed by atoms with Crippen molar-refractivity contribution in [1.29, 1.82) is 0 Å². The van der Waals surface area contributed by atoms with Crippen molar-refractivity contribution in [2.24, 2.45) is 5.92 Å². The van der Waals surface area contributed by atoms with Gasteiger partial charge in [0.1, 0.15) is 11.4 Å².